The third-order valence-corrected chi connectivity index (χ3v) is 6.78. The number of aromatic nitrogens is 2. The van der Waals surface area contributed by atoms with Crippen LogP contribution >= 0.6 is 0 Å². The maximum atomic E-state index is 12.9. The van der Waals surface area contributed by atoms with E-state index in [0.29, 0.717) is 18.0 Å². The molecule has 1 aliphatic carbocycles. The Labute approximate surface area is 210 Å². The van der Waals surface area contributed by atoms with E-state index in [-0.39, 0.29) is 23.5 Å². The number of rotatable bonds is 8. The molecule has 9 heteroatoms. The summed E-state index contributed by atoms with van der Waals surface area (Å²) in [5.41, 5.74) is 2.94. The molecule has 1 saturated carbocycles. The van der Waals surface area contributed by atoms with Crippen molar-refractivity contribution in [1.29, 1.82) is 0 Å². The average Bonchev–Trinajstić information content (AvgIpc) is 3.53. The number of nitrogens with zero attached hydrogens (tertiary/aromatic N) is 2. The fourth-order valence-electron chi connectivity index (χ4n) is 4.63. The molecule has 3 amide bonds. The van der Waals surface area contributed by atoms with Gasteiger partial charge in [-0.3, -0.25) is 19.1 Å². The summed E-state index contributed by atoms with van der Waals surface area (Å²) >= 11 is 0. The number of aryl methyl sites for hydroxylation is 2. The topological polar surface area (TPSA) is 118 Å². The third kappa shape index (κ3) is 5.84. The molecule has 1 atom stereocenters. The van der Waals surface area contributed by atoms with E-state index in [0.717, 1.165) is 48.9 Å². The van der Waals surface area contributed by atoms with Crippen molar-refractivity contribution in [2.45, 2.75) is 51.6 Å². The SMILES string of the molecule is CNC(=O)C(NC(=O)c1ccc(-c2cccc(CNC(=O)c3cc(C)n(C)n3)c2)o1)C1CCCCC1. The Morgan fingerprint density at radius 2 is 1.86 bits per heavy atom. The van der Waals surface area contributed by atoms with Crippen LogP contribution in [-0.4, -0.2) is 40.6 Å². The molecule has 0 aliphatic heterocycles. The van der Waals surface area contributed by atoms with Gasteiger partial charge in [0, 0.05) is 31.9 Å². The Hall–Kier alpha value is -3.88. The second kappa shape index (κ2) is 11.2. The molecule has 1 aliphatic rings. The standard InChI is InChI=1S/C27H33N5O4/c1-17-14-21(31-32(17)3)25(33)29-16-18-8-7-11-20(15-18)22-12-13-23(36-22)26(34)30-24(27(35)28-2)19-9-5-4-6-10-19/h7-8,11-15,19,24H,4-6,9-10,16H2,1-3H3,(H,28,35)(H,29,33)(H,30,34). The minimum Gasteiger partial charge on any atom is -0.451 e. The number of carbonyl (C=O) groups is 3. The molecule has 9 nitrogen and oxygen atoms in total. The molecule has 0 radical (unpaired) electrons. The van der Waals surface area contributed by atoms with Crippen LogP contribution in [0, 0.1) is 12.8 Å². The van der Waals surface area contributed by atoms with E-state index in [1.165, 1.54) is 0 Å². The average molecular weight is 492 g/mol. The summed E-state index contributed by atoms with van der Waals surface area (Å²) in [6.45, 7) is 2.21. The Kier molecular flexibility index (Phi) is 7.87. The van der Waals surface area contributed by atoms with Crippen LogP contribution in [0.25, 0.3) is 11.3 Å². The molecular weight excluding hydrogens is 458 g/mol. The zero-order chi connectivity index (χ0) is 25.7. The Morgan fingerprint density at radius 3 is 2.56 bits per heavy atom. The lowest BCUT2D eigenvalue weighted by molar-refractivity contribution is -0.124. The van der Waals surface area contributed by atoms with Gasteiger partial charge >= 0.3 is 0 Å². The van der Waals surface area contributed by atoms with Crippen LogP contribution in [0.3, 0.4) is 0 Å². The molecule has 190 valence electrons. The lowest BCUT2D eigenvalue weighted by Crippen LogP contribution is -2.50. The molecule has 0 spiro atoms. The van der Waals surface area contributed by atoms with Crippen LogP contribution in [0.5, 0.6) is 0 Å². The number of amides is 3. The van der Waals surface area contributed by atoms with Crippen molar-refractivity contribution in [3.63, 3.8) is 0 Å². The molecule has 4 rings (SSSR count). The van der Waals surface area contributed by atoms with Crippen molar-refractivity contribution < 1.29 is 18.8 Å². The van der Waals surface area contributed by atoms with Crippen molar-refractivity contribution in [3.05, 3.63) is 65.2 Å². The second-order valence-corrected chi connectivity index (χ2v) is 9.30. The lowest BCUT2D eigenvalue weighted by Gasteiger charge is -2.29. The number of carbonyl (C=O) groups excluding carboxylic acids is 3. The van der Waals surface area contributed by atoms with Crippen LogP contribution in [0.1, 0.15) is 64.4 Å². The fourth-order valence-corrected chi connectivity index (χ4v) is 4.63. The highest BCUT2D eigenvalue weighted by atomic mass is 16.4. The largest absolute Gasteiger partial charge is 0.451 e. The molecule has 0 saturated heterocycles. The lowest BCUT2D eigenvalue weighted by atomic mass is 9.83. The van der Waals surface area contributed by atoms with E-state index in [4.69, 9.17) is 4.42 Å². The molecule has 1 aromatic carbocycles. The Bertz CT molecular complexity index is 1220. The Morgan fingerprint density at radius 1 is 1.08 bits per heavy atom. The third-order valence-electron chi connectivity index (χ3n) is 6.78. The normalized spacial score (nSPS) is 14.8. The van der Waals surface area contributed by atoms with Crippen molar-refractivity contribution in [1.82, 2.24) is 25.7 Å². The van der Waals surface area contributed by atoms with Gasteiger partial charge in [0.1, 0.15) is 17.5 Å². The summed E-state index contributed by atoms with van der Waals surface area (Å²) in [5.74, 6) is -0.0300. The monoisotopic (exact) mass is 491 g/mol. The van der Waals surface area contributed by atoms with Gasteiger partial charge in [0.2, 0.25) is 5.91 Å². The van der Waals surface area contributed by atoms with Crippen LogP contribution < -0.4 is 16.0 Å². The molecule has 36 heavy (non-hydrogen) atoms. The summed E-state index contributed by atoms with van der Waals surface area (Å²) in [7, 11) is 3.38. The summed E-state index contributed by atoms with van der Waals surface area (Å²) in [6, 6.07) is 12.1. The van der Waals surface area contributed by atoms with Crippen LogP contribution in [0.2, 0.25) is 0 Å². The van der Waals surface area contributed by atoms with Crippen molar-refractivity contribution in [2.75, 3.05) is 7.05 Å². The van der Waals surface area contributed by atoms with Gasteiger partial charge in [0.25, 0.3) is 11.8 Å². The predicted octanol–water partition coefficient (Wildman–Crippen LogP) is 3.34. The molecule has 3 N–H and O–H groups in total. The van der Waals surface area contributed by atoms with Gasteiger partial charge in [-0.1, -0.05) is 37.5 Å². The van der Waals surface area contributed by atoms with Gasteiger partial charge in [0.05, 0.1) is 0 Å². The molecular formula is C27H33N5O4. The van der Waals surface area contributed by atoms with E-state index in [2.05, 4.69) is 21.0 Å². The summed E-state index contributed by atoms with van der Waals surface area (Å²) < 4.78 is 7.51. The molecule has 3 aromatic rings. The van der Waals surface area contributed by atoms with Crippen LogP contribution in [0.4, 0.5) is 0 Å². The van der Waals surface area contributed by atoms with Gasteiger partial charge in [-0.25, -0.2) is 0 Å². The van der Waals surface area contributed by atoms with Gasteiger partial charge < -0.3 is 20.4 Å². The van der Waals surface area contributed by atoms with E-state index in [1.807, 2.05) is 31.2 Å². The van der Waals surface area contributed by atoms with Crippen LogP contribution in [0.15, 0.2) is 46.9 Å². The number of nitrogens with one attached hydrogen (secondary N) is 3. The van der Waals surface area contributed by atoms with E-state index in [1.54, 1.807) is 37.0 Å². The highest BCUT2D eigenvalue weighted by Gasteiger charge is 2.31. The van der Waals surface area contributed by atoms with Crippen molar-refractivity contribution in [2.24, 2.45) is 13.0 Å². The first-order valence-electron chi connectivity index (χ1n) is 12.4. The molecule has 1 unspecified atom stereocenters. The highest BCUT2D eigenvalue weighted by Crippen LogP contribution is 2.28. The zero-order valence-corrected chi connectivity index (χ0v) is 21.0. The smallest absolute Gasteiger partial charge is 0.287 e. The summed E-state index contributed by atoms with van der Waals surface area (Å²) in [5, 5.41) is 12.6. The minimum atomic E-state index is -0.578. The molecule has 1 fully saturated rings. The fraction of sp³-hybridized carbons (Fsp3) is 0.407. The summed E-state index contributed by atoms with van der Waals surface area (Å²) in [6.07, 6.45) is 5.14. The number of likely N-dealkylation sites (N-methyl/N-ethyl adjacent to an activating group) is 1. The van der Waals surface area contributed by atoms with Gasteiger partial charge in [-0.15, -0.1) is 0 Å². The molecule has 2 aromatic heterocycles. The number of hydrogen-bond acceptors (Lipinski definition) is 5. The van der Waals surface area contributed by atoms with Gasteiger partial charge in [-0.05, 0) is 55.5 Å². The number of hydrogen-bond donors (Lipinski definition) is 3. The van der Waals surface area contributed by atoms with Gasteiger partial charge in [0.15, 0.2) is 5.76 Å². The summed E-state index contributed by atoms with van der Waals surface area (Å²) in [4.78, 5) is 37.8. The van der Waals surface area contributed by atoms with Gasteiger partial charge in [-0.2, -0.15) is 5.10 Å². The quantitative estimate of drug-likeness (QED) is 0.447. The minimum absolute atomic E-state index is 0.124. The molecule has 2 heterocycles. The first kappa shape index (κ1) is 25.2. The molecule has 0 bridgehead atoms. The Balaban J connectivity index is 1.41. The number of furan rings is 1. The van der Waals surface area contributed by atoms with E-state index < -0.39 is 11.9 Å². The first-order chi connectivity index (χ1) is 17.4. The van der Waals surface area contributed by atoms with E-state index in [9.17, 15) is 14.4 Å². The van der Waals surface area contributed by atoms with Crippen LogP contribution in [-0.2, 0) is 18.4 Å². The predicted molar refractivity (Wildman–Crippen MR) is 135 cm³/mol. The zero-order valence-electron chi connectivity index (χ0n) is 21.0. The maximum Gasteiger partial charge on any atom is 0.287 e. The van der Waals surface area contributed by atoms with E-state index >= 15 is 0 Å². The first-order valence-corrected chi connectivity index (χ1v) is 12.4. The maximum absolute atomic E-state index is 12.9. The highest BCUT2D eigenvalue weighted by molar-refractivity contribution is 5.96. The van der Waals surface area contributed by atoms with Crippen molar-refractivity contribution in [3.8, 4) is 11.3 Å². The number of benzene rings is 1. The van der Waals surface area contributed by atoms with Crippen molar-refractivity contribution >= 4 is 17.7 Å². The second-order valence-electron chi connectivity index (χ2n) is 9.30.